The summed E-state index contributed by atoms with van der Waals surface area (Å²) >= 11 is 0. The average molecular weight is 271 g/mol. The van der Waals surface area contributed by atoms with Gasteiger partial charge >= 0.3 is 0 Å². The Kier molecular flexibility index (Phi) is 3.98. The molecule has 2 rings (SSSR count). The summed E-state index contributed by atoms with van der Waals surface area (Å²) in [5.74, 6) is 0.0133. The summed E-state index contributed by atoms with van der Waals surface area (Å²) < 4.78 is 0. The van der Waals surface area contributed by atoms with E-state index >= 15 is 0 Å². The maximum absolute atomic E-state index is 12.0. The van der Waals surface area contributed by atoms with Gasteiger partial charge in [0.25, 0.3) is 5.91 Å². The molecular formula is C15H17N3O2. The van der Waals surface area contributed by atoms with E-state index in [4.69, 9.17) is 0 Å². The third-order valence-electron chi connectivity index (χ3n) is 3.00. The SMILES string of the molecule is CC(=O)c1ccc(NC(=O)c2cc(C(C)C)[nH]n2)cc1. The Morgan fingerprint density at radius 2 is 1.85 bits per heavy atom. The van der Waals surface area contributed by atoms with E-state index < -0.39 is 0 Å². The van der Waals surface area contributed by atoms with E-state index in [2.05, 4.69) is 15.5 Å². The van der Waals surface area contributed by atoms with E-state index in [-0.39, 0.29) is 11.7 Å². The third kappa shape index (κ3) is 3.12. The monoisotopic (exact) mass is 271 g/mol. The molecule has 5 heteroatoms. The van der Waals surface area contributed by atoms with Gasteiger partial charge in [0.1, 0.15) is 0 Å². The highest BCUT2D eigenvalue weighted by Crippen LogP contribution is 2.14. The van der Waals surface area contributed by atoms with Crippen molar-refractivity contribution in [3.05, 3.63) is 47.3 Å². The number of carbonyl (C=O) groups is 2. The number of anilines is 1. The highest BCUT2D eigenvalue weighted by molar-refractivity contribution is 6.03. The summed E-state index contributed by atoms with van der Waals surface area (Å²) in [6.07, 6.45) is 0. The van der Waals surface area contributed by atoms with Crippen molar-refractivity contribution in [2.75, 3.05) is 5.32 Å². The molecule has 20 heavy (non-hydrogen) atoms. The molecule has 0 saturated heterocycles. The molecule has 0 aliphatic rings. The van der Waals surface area contributed by atoms with E-state index in [1.54, 1.807) is 30.3 Å². The molecule has 2 N–H and O–H groups in total. The fourth-order valence-corrected chi connectivity index (χ4v) is 1.73. The van der Waals surface area contributed by atoms with E-state index in [1.165, 1.54) is 6.92 Å². The van der Waals surface area contributed by atoms with Crippen LogP contribution in [0.5, 0.6) is 0 Å². The lowest BCUT2D eigenvalue weighted by Crippen LogP contribution is -2.12. The molecule has 0 spiro atoms. The molecule has 0 bridgehead atoms. The second-order valence-corrected chi connectivity index (χ2v) is 4.95. The molecular weight excluding hydrogens is 254 g/mol. The molecule has 0 atom stereocenters. The average Bonchev–Trinajstić information content (AvgIpc) is 2.89. The van der Waals surface area contributed by atoms with Crippen molar-refractivity contribution < 1.29 is 9.59 Å². The van der Waals surface area contributed by atoms with Gasteiger partial charge in [-0.25, -0.2) is 0 Å². The van der Waals surface area contributed by atoms with Gasteiger partial charge in [0.2, 0.25) is 0 Å². The summed E-state index contributed by atoms with van der Waals surface area (Å²) in [5.41, 5.74) is 2.52. The molecule has 0 aliphatic carbocycles. The molecule has 1 amide bonds. The summed E-state index contributed by atoms with van der Waals surface area (Å²) in [6.45, 7) is 5.55. The molecule has 1 heterocycles. The maximum Gasteiger partial charge on any atom is 0.276 e. The highest BCUT2D eigenvalue weighted by Gasteiger charge is 2.12. The number of ketones is 1. The van der Waals surface area contributed by atoms with E-state index in [9.17, 15) is 9.59 Å². The fraction of sp³-hybridized carbons (Fsp3) is 0.267. The minimum atomic E-state index is -0.274. The number of benzene rings is 1. The van der Waals surface area contributed by atoms with Gasteiger partial charge in [-0.1, -0.05) is 13.8 Å². The number of aromatic amines is 1. The van der Waals surface area contributed by atoms with Crippen LogP contribution in [0.15, 0.2) is 30.3 Å². The first-order valence-electron chi connectivity index (χ1n) is 6.45. The standard InChI is InChI=1S/C15H17N3O2/c1-9(2)13-8-14(18-17-13)15(20)16-12-6-4-11(5-7-12)10(3)19/h4-9H,1-3H3,(H,16,20)(H,17,18). The van der Waals surface area contributed by atoms with Gasteiger partial charge in [-0.05, 0) is 43.2 Å². The van der Waals surface area contributed by atoms with Gasteiger partial charge in [0, 0.05) is 16.9 Å². The van der Waals surface area contributed by atoms with Crippen LogP contribution in [-0.4, -0.2) is 21.9 Å². The lowest BCUT2D eigenvalue weighted by Gasteiger charge is -2.03. The van der Waals surface area contributed by atoms with Crippen LogP contribution in [0.1, 0.15) is 53.2 Å². The van der Waals surface area contributed by atoms with Crippen LogP contribution >= 0.6 is 0 Å². The fourth-order valence-electron chi connectivity index (χ4n) is 1.73. The summed E-state index contributed by atoms with van der Waals surface area (Å²) in [5, 5.41) is 9.57. The van der Waals surface area contributed by atoms with Crippen LogP contribution in [0.25, 0.3) is 0 Å². The summed E-state index contributed by atoms with van der Waals surface area (Å²) in [4.78, 5) is 23.2. The van der Waals surface area contributed by atoms with Gasteiger partial charge in [-0.15, -0.1) is 0 Å². The minimum absolute atomic E-state index is 0.00301. The van der Waals surface area contributed by atoms with E-state index in [1.807, 2.05) is 13.8 Å². The second kappa shape index (κ2) is 5.69. The number of hydrogen-bond donors (Lipinski definition) is 2. The number of rotatable bonds is 4. The first-order chi connectivity index (χ1) is 9.47. The molecule has 1 aromatic carbocycles. The van der Waals surface area contributed by atoms with E-state index in [0.29, 0.717) is 22.9 Å². The van der Waals surface area contributed by atoms with Crippen LogP contribution in [0.3, 0.4) is 0 Å². The molecule has 5 nitrogen and oxygen atoms in total. The van der Waals surface area contributed by atoms with Crippen molar-refractivity contribution in [3.63, 3.8) is 0 Å². The summed E-state index contributed by atoms with van der Waals surface area (Å²) in [7, 11) is 0. The molecule has 0 fully saturated rings. The third-order valence-corrected chi connectivity index (χ3v) is 3.00. The summed E-state index contributed by atoms with van der Waals surface area (Å²) in [6, 6.07) is 8.50. The normalized spacial score (nSPS) is 10.6. The Bertz CT molecular complexity index is 627. The number of aromatic nitrogens is 2. The molecule has 0 unspecified atom stereocenters. The zero-order chi connectivity index (χ0) is 14.7. The quantitative estimate of drug-likeness (QED) is 0.839. The van der Waals surface area contributed by atoms with Gasteiger partial charge in [0.05, 0.1) is 0 Å². The van der Waals surface area contributed by atoms with Crippen molar-refractivity contribution in [2.45, 2.75) is 26.7 Å². The Hall–Kier alpha value is -2.43. The van der Waals surface area contributed by atoms with Crippen molar-refractivity contribution in [2.24, 2.45) is 0 Å². The number of Topliss-reactive ketones (excluding diaryl/α,β-unsaturated/α-hetero) is 1. The van der Waals surface area contributed by atoms with Crippen LogP contribution in [-0.2, 0) is 0 Å². The minimum Gasteiger partial charge on any atom is -0.321 e. The number of nitrogens with one attached hydrogen (secondary N) is 2. The van der Waals surface area contributed by atoms with Crippen LogP contribution in [0.4, 0.5) is 5.69 Å². The number of amides is 1. The largest absolute Gasteiger partial charge is 0.321 e. The van der Waals surface area contributed by atoms with Crippen LogP contribution < -0.4 is 5.32 Å². The smallest absolute Gasteiger partial charge is 0.276 e. The molecule has 0 saturated carbocycles. The molecule has 0 aliphatic heterocycles. The number of nitrogens with zero attached hydrogens (tertiary/aromatic N) is 1. The first-order valence-corrected chi connectivity index (χ1v) is 6.45. The zero-order valence-electron chi connectivity index (χ0n) is 11.7. The zero-order valence-corrected chi connectivity index (χ0v) is 11.7. The predicted molar refractivity (Wildman–Crippen MR) is 77.1 cm³/mol. The van der Waals surface area contributed by atoms with Crippen molar-refractivity contribution in [1.82, 2.24) is 10.2 Å². The van der Waals surface area contributed by atoms with Gasteiger partial charge < -0.3 is 5.32 Å². The number of carbonyl (C=O) groups excluding carboxylic acids is 2. The second-order valence-electron chi connectivity index (χ2n) is 4.95. The molecule has 0 radical (unpaired) electrons. The number of hydrogen-bond acceptors (Lipinski definition) is 3. The van der Waals surface area contributed by atoms with Gasteiger partial charge in [-0.2, -0.15) is 5.10 Å². The van der Waals surface area contributed by atoms with Crippen molar-refractivity contribution >= 4 is 17.4 Å². The van der Waals surface area contributed by atoms with Crippen molar-refractivity contribution in [1.29, 1.82) is 0 Å². The molecule has 1 aromatic heterocycles. The Morgan fingerprint density at radius 1 is 1.20 bits per heavy atom. The Labute approximate surface area is 117 Å². The van der Waals surface area contributed by atoms with Crippen LogP contribution in [0, 0.1) is 0 Å². The lowest BCUT2D eigenvalue weighted by molar-refractivity contribution is 0.101. The van der Waals surface area contributed by atoms with Crippen LogP contribution in [0.2, 0.25) is 0 Å². The highest BCUT2D eigenvalue weighted by atomic mass is 16.2. The predicted octanol–water partition coefficient (Wildman–Crippen LogP) is 2.99. The first kappa shape index (κ1) is 14.0. The van der Waals surface area contributed by atoms with Crippen molar-refractivity contribution in [3.8, 4) is 0 Å². The topological polar surface area (TPSA) is 74.8 Å². The Balaban J connectivity index is 2.08. The van der Waals surface area contributed by atoms with Gasteiger partial charge in [-0.3, -0.25) is 14.7 Å². The lowest BCUT2D eigenvalue weighted by atomic mass is 10.1. The number of H-pyrrole nitrogens is 1. The van der Waals surface area contributed by atoms with E-state index in [0.717, 1.165) is 5.69 Å². The molecule has 2 aromatic rings. The molecule has 104 valence electrons. The van der Waals surface area contributed by atoms with Gasteiger partial charge in [0.15, 0.2) is 11.5 Å². The maximum atomic E-state index is 12.0. The Morgan fingerprint density at radius 3 is 2.35 bits per heavy atom.